The number of amides is 1. The lowest BCUT2D eigenvalue weighted by Gasteiger charge is -2.42. The molecule has 2 bridgehead atoms. The molecule has 366 valence electrons. The highest BCUT2D eigenvalue weighted by atomic mass is 127. The number of carbonyl (C=O) groups is 5. The number of nitrogens with zero attached hydrogens (tertiary/aromatic N) is 1. The highest BCUT2D eigenvalue weighted by molar-refractivity contribution is 14.1. The Morgan fingerprint density at radius 3 is 2.28 bits per heavy atom. The Morgan fingerprint density at radius 1 is 0.877 bits per heavy atom. The van der Waals surface area contributed by atoms with Crippen molar-refractivity contribution in [3.05, 3.63) is 47.6 Å². The van der Waals surface area contributed by atoms with Gasteiger partial charge in [-0.2, -0.15) is 0 Å². The van der Waals surface area contributed by atoms with Crippen LogP contribution in [-0.4, -0.2) is 129 Å². The quantitative estimate of drug-likeness (QED) is 0.0870. The van der Waals surface area contributed by atoms with Gasteiger partial charge in [0.25, 0.3) is 11.7 Å². The maximum absolute atomic E-state index is 14.4. The van der Waals surface area contributed by atoms with Crippen LogP contribution in [0.5, 0.6) is 0 Å². The molecule has 13 nitrogen and oxygen atoms in total. The molecule has 3 heterocycles. The highest BCUT2D eigenvalue weighted by Gasteiger charge is 2.53. The van der Waals surface area contributed by atoms with E-state index in [1.165, 1.54) is 12.0 Å². The van der Waals surface area contributed by atoms with E-state index in [0.29, 0.717) is 54.4 Å². The molecule has 0 spiro atoms. The third-order valence-corrected chi connectivity index (χ3v) is 16.8. The number of Topliss-reactive ketones (excluding diaryl/α,β-unsaturated/α-hetero) is 3. The Balaban J connectivity index is 1.70. The normalized spacial score (nSPS) is 40.4. The number of carbonyl (C=O) groups excluding carboxylic acids is 5. The SMILES string of the molecule is CO[C@H]1C[C@@H]2CC[C@@H](C)[C@@](O)(O2)C(=O)C(=O)N2CCCC[C@H]2C(=O)O[C@H]([C@H](I)C[C@@H]2CC[C@@H](I)[C@H](OC)C2)CC(=O)[C@H](C)/C=C(\C)[C@@H](O)[C@@H](OC)C(=O)[C@H](C)C[C@H](C)/C=C/C=C/C=C/1C. The number of ether oxygens (including phenoxy) is 5. The Kier molecular flexibility index (Phi) is 22.5. The minimum Gasteiger partial charge on any atom is -0.459 e. The van der Waals surface area contributed by atoms with Crippen molar-refractivity contribution < 1.29 is 57.9 Å². The van der Waals surface area contributed by atoms with Gasteiger partial charge >= 0.3 is 5.97 Å². The van der Waals surface area contributed by atoms with Gasteiger partial charge in [0.1, 0.15) is 30.1 Å². The molecule has 2 saturated heterocycles. The van der Waals surface area contributed by atoms with Crippen molar-refractivity contribution in [3.63, 3.8) is 0 Å². The fourth-order valence-electron chi connectivity index (χ4n) is 9.76. The molecule has 1 aliphatic carbocycles. The average molecular weight is 1140 g/mol. The number of aliphatic hydroxyl groups is 2. The number of ketones is 3. The molecule has 3 aliphatic heterocycles. The summed E-state index contributed by atoms with van der Waals surface area (Å²) in [6.07, 6.45) is 13.5. The average Bonchev–Trinajstić information content (AvgIpc) is 3.28. The van der Waals surface area contributed by atoms with Crippen LogP contribution in [0.1, 0.15) is 119 Å². The first-order valence-corrected chi connectivity index (χ1v) is 26.0. The fraction of sp³-hybridized carbons (Fsp3) is 0.740. The monoisotopic (exact) mass is 1140 g/mol. The number of hydrogen-bond donors (Lipinski definition) is 2. The van der Waals surface area contributed by atoms with E-state index in [1.807, 2.05) is 51.2 Å². The second kappa shape index (κ2) is 26.2. The van der Waals surface area contributed by atoms with E-state index < -0.39 is 77.8 Å². The number of esters is 1. The smallest absolute Gasteiger partial charge is 0.329 e. The number of hydrogen-bond acceptors (Lipinski definition) is 12. The van der Waals surface area contributed by atoms with Gasteiger partial charge in [-0.1, -0.05) is 109 Å². The Hall–Kier alpha value is -1.87. The minimum atomic E-state index is -2.41. The number of aliphatic hydroxyl groups excluding tert-OH is 1. The number of cyclic esters (lactones) is 1. The molecule has 4 aliphatic rings. The van der Waals surface area contributed by atoms with Gasteiger partial charge in [-0.25, -0.2) is 4.79 Å². The van der Waals surface area contributed by atoms with Crippen LogP contribution in [0.2, 0.25) is 0 Å². The molecule has 3 fully saturated rings. The maximum atomic E-state index is 14.4. The first-order chi connectivity index (χ1) is 30.7. The zero-order valence-corrected chi connectivity index (χ0v) is 44.2. The standard InChI is InChI=1S/C50H75I2NO12/c1-29-15-11-10-12-16-30(2)41(61-7)27-36-20-18-34(6)50(60,65-36)47(57)48(58)53-22-14-13-17-39(53)49(59)64-43(38(52)25-35-19-21-37(51)42(26-35)62-8)28-40(54)31(3)24-33(5)45(56)46(63-9)44(55)32(4)23-29/h10-12,15-16,24,29,31-32,34-39,41-43,45-46,56,60H,13-14,17-23,25-28H2,1-9H3/b12-10+,15-11+,30-16+,33-24+/t29-,31-,32-,34-,35+,36+,37-,38-,39+,41+,42-,43+,45-,46+,50-/m1/s1. The number of alkyl halides is 2. The third kappa shape index (κ3) is 15.1. The van der Waals surface area contributed by atoms with Crippen LogP contribution in [0, 0.1) is 29.6 Å². The highest BCUT2D eigenvalue weighted by Crippen LogP contribution is 2.38. The minimum absolute atomic E-state index is 0.0294. The molecule has 0 unspecified atom stereocenters. The van der Waals surface area contributed by atoms with Crippen LogP contribution < -0.4 is 0 Å². The zero-order chi connectivity index (χ0) is 48.2. The predicted molar refractivity (Wildman–Crippen MR) is 266 cm³/mol. The number of halogens is 2. The summed E-state index contributed by atoms with van der Waals surface area (Å²) in [5.41, 5.74) is 1.30. The molecule has 1 saturated carbocycles. The van der Waals surface area contributed by atoms with Crippen molar-refractivity contribution in [1.82, 2.24) is 4.90 Å². The van der Waals surface area contributed by atoms with E-state index in [0.717, 1.165) is 24.8 Å². The van der Waals surface area contributed by atoms with E-state index in [1.54, 1.807) is 41.1 Å². The summed E-state index contributed by atoms with van der Waals surface area (Å²) in [5, 5.41) is 23.4. The van der Waals surface area contributed by atoms with Crippen LogP contribution in [-0.2, 0) is 47.7 Å². The Bertz CT molecular complexity index is 1770. The van der Waals surface area contributed by atoms with Crippen LogP contribution in [0.3, 0.4) is 0 Å². The van der Waals surface area contributed by atoms with E-state index in [-0.39, 0.29) is 52.8 Å². The second-order valence-electron chi connectivity index (χ2n) is 19.1. The number of fused-ring (bicyclic) bond motifs is 3. The fourth-order valence-corrected chi connectivity index (χ4v) is 11.8. The molecule has 0 aromatic carbocycles. The molecular weight excluding hydrogens is 1060 g/mol. The maximum Gasteiger partial charge on any atom is 0.329 e. The number of methoxy groups -OCH3 is 3. The molecule has 15 atom stereocenters. The van der Waals surface area contributed by atoms with Crippen molar-refractivity contribution in [1.29, 1.82) is 0 Å². The predicted octanol–water partition coefficient (Wildman–Crippen LogP) is 7.79. The van der Waals surface area contributed by atoms with Crippen LogP contribution in [0.25, 0.3) is 0 Å². The van der Waals surface area contributed by atoms with Gasteiger partial charge in [0.15, 0.2) is 5.78 Å². The Labute approximate surface area is 414 Å². The van der Waals surface area contributed by atoms with E-state index in [4.69, 9.17) is 23.7 Å². The lowest BCUT2D eigenvalue weighted by molar-refractivity contribution is -0.265. The molecule has 2 N–H and O–H groups in total. The lowest BCUT2D eigenvalue weighted by Crippen LogP contribution is -2.61. The van der Waals surface area contributed by atoms with Crippen molar-refractivity contribution >= 4 is 74.4 Å². The van der Waals surface area contributed by atoms with Crippen LogP contribution in [0.4, 0.5) is 0 Å². The largest absolute Gasteiger partial charge is 0.459 e. The molecule has 15 heteroatoms. The molecule has 0 aromatic heterocycles. The van der Waals surface area contributed by atoms with E-state index in [9.17, 15) is 34.2 Å². The van der Waals surface area contributed by atoms with Gasteiger partial charge in [-0.05, 0) is 101 Å². The summed E-state index contributed by atoms with van der Waals surface area (Å²) in [5.74, 6) is -7.27. The third-order valence-electron chi connectivity index (χ3n) is 14.1. The van der Waals surface area contributed by atoms with E-state index in [2.05, 4.69) is 45.2 Å². The first kappa shape index (κ1) is 55.7. The summed E-state index contributed by atoms with van der Waals surface area (Å²) >= 11 is 4.70. The summed E-state index contributed by atoms with van der Waals surface area (Å²) in [6, 6.07) is -1.11. The first-order valence-electron chi connectivity index (χ1n) is 23.5. The molecule has 65 heavy (non-hydrogen) atoms. The topological polar surface area (TPSA) is 175 Å². The van der Waals surface area contributed by atoms with Gasteiger partial charge in [-0.3, -0.25) is 19.2 Å². The van der Waals surface area contributed by atoms with Gasteiger partial charge in [0.05, 0.1) is 18.3 Å². The molecular formula is C50H75I2NO12. The molecule has 0 radical (unpaired) electrons. The summed E-state index contributed by atoms with van der Waals surface area (Å²) in [6.45, 7) is 10.9. The van der Waals surface area contributed by atoms with Crippen molar-refractivity contribution in [2.24, 2.45) is 29.6 Å². The number of allylic oxidation sites excluding steroid dienone is 6. The Morgan fingerprint density at radius 2 is 1.60 bits per heavy atom. The number of piperidine rings is 1. The van der Waals surface area contributed by atoms with Crippen LogP contribution >= 0.6 is 45.2 Å². The van der Waals surface area contributed by atoms with Crippen molar-refractivity contribution in [2.45, 2.75) is 175 Å². The van der Waals surface area contributed by atoms with Gasteiger partial charge in [0, 0.05) is 66.3 Å². The second-order valence-corrected chi connectivity index (χ2v) is 22.3. The van der Waals surface area contributed by atoms with Gasteiger partial charge in [0.2, 0.25) is 5.79 Å². The molecule has 0 aromatic rings. The molecule has 1 amide bonds. The van der Waals surface area contributed by atoms with Gasteiger partial charge in [-0.15, -0.1) is 0 Å². The van der Waals surface area contributed by atoms with Crippen molar-refractivity contribution in [2.75, 3.05) is 27.9 Å². The molecule has 4 rings (SSSR count). The number of rotatable bonds is 6. The zero-order valence-electron chi connectivity index (χ0n) is 39.9. The lowest BCUT2D eigenvalue weighted by atomic mass is 9.83. The summed E-state index contributed by atoms with van der Waals surface area (Å²) in [4.78, 5) is 71.9. The van der Waals surface area contributed by atoms with Crippen LogP contribution in [0.15, 0.2) is 47.6 Å². The van der Waals surface area contributed by atoms with E-state index >= 15 is 0 Å². The summed E-state index contributed by atoms with van der Waals surface area (Å²) < 4.78 is 29.8. The summed E-state index contributed by atoms with van der Waals surface area (Å²) in [7, 11) is 4.69. The van der Waals surface area contributed by atoms with Crippen molar-refractivity contribution in [3.8, 4) is 0 Å². The van der Waals surface area contributed by atoms with Gasteiger partial charge < -0.3 is 38.8 Å².